The van der Waals surface area contributed by atoms with Crippen molar-refractivity contribution in [3.05, 3.63) is 83.3 Å². The van der Waals surface area contributed by atoms with E-state index in [2.05, 4.69) is 20.3 Å². The number of nitrogens with one attached hydrogen (secondary N) is 1. The number of nitrogens with zero attached hydrogens (tertiary/aromatic N) is 4. The summed E-state index contributed by atoms with van der Waals surface area (Å²) in [6.07, 6.45) is -0.154. The van der Waals surface area contributed by atoms with Gasteiger partial charge in [-0.05, 0) is 11.1 Å². The van der Waals surface area contributed by atoms with Gasteiger partial charge >= 0.3 is 12.1 Å². The quantitative estimate of drug-likeness (QED) is 0.439. The van der Waals surface area contributed by atoms with Gasteiger partial charge in [-0.2, -0.15) is 9.97 Å². The van der Waals surface area contributed by atoms with E-state index in [1.54, 1.807) is 0 Å². The summed E-state index contributed by atoms with van der Waals surface area (Å²) in [6.45, 7) is -0.363. The van der Waals surface area contributed by atoms with E-state index in [9.17, 15) is 9.59 Å². The first kappa shape index (κ1) is 20.3. The SMILES string of the molecule is O=C(O)Cn1cnc2c(Cl)nc(NC(=O)OC(c3ccccc3)c3ccccc3)nc21. The van der Waals surface area contributed by atoms with Crippen LogP contribution in [0.4, 0.5) is 10.7 Å². The van der Waals surface area contributed by atoms with Gasteiger partial charge in [-0.25, -0.2) is 9.78 Å². The summed E-state index contributed by atoms with van der Waals surface area (Å²) < 4.78 is 6.96. The van der Waals surface area contributed by atoms with Crippen LogP contribution in [-0.4, -0.2) is 36.7 Å². The fourth-order valence-electron chi connectivity index (χ4n) is 3.04. The molecule has 0 aliphatic heterocycles. The molecule has 4 rings (SSSR count). The van der Waals surface area contributed by atoms with Gasteiger partial charge in [0.05, 0.1) is 6.33 Å². The molecule has 0 atom stereocenters. The smallest absolute Gasteiger partial charge is 0.414 e. The normalized spacial score (nSPS) is 10.9. The number of ether oxygens (including phenoxy) is 1. The van der Waals surface area contributed by atoms with E-state index in [0.717, 1.165) is 11.1 Å². The number of anilines is 1. The van der Waals surface area contributed by atoms with Crippen molar-refractivity contribution in [3.8, 4) is 0 Å². The van der Waals surface area contributed by atoms with E-state index in [4.69, 9.17) is 21.4 Å². The van der Waals surface area contributed by atoms with Crippen LogP contribution in [0, 0.1) is 0 Å². The number of rotatable bonds is 6. The Bertz CT molecular complexity index is 1190. The maximum atomic E-state index is 12.6. The van der Waals surface area contributed by atoms with Gasteiger partial charge in [-0.1, -0.05) is 72.3 Å². The summed E-state index contributed by atoms with van der Waals surface area (Å²) in [5.41, 5.74) is 1.99. The highest BCUT2D eigenvalue weighted by molar-refractivity contribution is 6.33. The minimum absolute atomic E-state index is 0.0212. The molecule has 0 spiro atoms. The number of carboxylic acid groups (broad SMARTS) is 1. The second kappa shape index (κ2) is 8.80. The Hall–Kier alpha value is -3.98. The maximum Gasteiger partial charge on any atom is 0.414 e. The molecule has 0 fully saturated rings. The van der Waals surface area contributed by atoms with Crippen LogP contribution in [0.1, 0.15) is 17.2 Å². The predicted octanol–water partition coefficient (Wildman–Crippen LogP) is 3.90. The zero-order chi connectivity index (χ0) is 21.8. The number of aromatic nitrogens is 4. The van der Waals surface area contributed by atoms with Crippen LogP contribution in [0.3, 0.4) is 0 Å². The highest BCUT2D eigenvalue weighted by atomic mass is 35.5. The molecule has 10 heteroatoms. The number of aliphatic carboxylic acids is 1. The van der Waals surface area contributed by atoms with Crippen LogP contribution < -0.4 is 5.32 Å². The third-order valence-corrected chi connectivity index (χ3v) is 4.63. The molecule has 9 nitrogen and oxygen atoms in total. The lowest BCUT2D eigenvalue weighted by Gasteiger charge is -2.19. The zero-order valence-electron chi connectivity index (χ0n) is 16.0. The Morgan fingerprint density at radius 2 is 1.65 bits per heavy atom. The fraction of sp³-hybridized carbons (Fsp3) is 0.0952. The van der Waals surface area contributed by atoms with Gasteiger partial charge in [0.1, 0.15) is 12.1 Å². The van der Waals surface area contributed by atoms with Crippen molar-refractivity contribution < 1.29 is 19.4 Å². The van der Waals surface area contributed by atoms with E-state index in [1.807, 2.05) is 60.7 Å². The largest absolute Gasteiger partial charge is 0.480 e. The topological polar surface area (TPSA) is 119 Å². The highest BCUT2D eigenvalue weighted by Crippen LogP contribution is 2.27. The molecule has 2 aromatic heterocycles. The molecular weight excluding hydrogens is 422 g/mol. The monoisotopic (exact) mass is 437 g/mol. The van der Waals surface area contributed by atoms with Crippen molar-refractivity contribution in [2.24, 2.45) is 0 Å². The van der Waals surface area contributed by atoms with E-state index in [1.165, 1.54) is 10.9 Å². The number of hydrogen-bond donors (Lipinski definition) is 2. The Kier molecular flexibility index (Phi) is 5.76. The molecule has 2 heterocycles. The average Bonchev–Trinajstić information content (AvgIpc) is 3.16. The van der Waals surface area contributed by atoms with Crippen LogP contribution >= 0.6 is 11.6 Å². The third kappa shape index (κ3) is 4.62. The first-order chi connectivity index (χ1) is 15.0. The molecule has 0 aliphatic rings. The molecule has 0 bridgehead atoms. The van der Waals surface area contributed by atoms with E-state index in [-0.39, 0.29) is 28.8 Å². The summed E-state index contributed by atoms with van der Waals surface area (Å²) in [5, 5.41) is 11.5. The van der Waals surface area contributed by atoms with Crippen molar-refractivity contribution in [3.63, 3.8) is 0 Å². The van der Waals surface area contributed by atoms with Gasteiger partial charge in [-0.3, -0.25) is 10.1 Å². The minimum atomic E-state index is -1.07. The van der Waals surface area contributed by atoms with Crippen molar-refractivity contribution >= 4 is 40.8 Å². The molecule has 0 unspecified atom stereocenters. The van der Waals surface area contributed by atoms with E-state index in [0.29, 0.717) is 0 Å². The van der Waals surface area contributed by atoms with Crippen molar-refractivity contribution in [1.82, 2.24) is 19.5 Å². The Labute approximate surface area is 181 Å². The van der Waals surface area contributed by atoms with Crippen LogP contribution in [0.25, 0.3) is 11.2 Å². The number of benzene rings is 2. The Balaban J connectivity index is 1.59. The minimum Gasteiger partial charge on any atom is -0.480 e. The van der Waals surface area contributed by atoms with Gasteiger partial charge in [-0.15, -0.1) is 0 Å². The van der Waals surface area contributed by atoms with Gasteiger partial charge in [0.15, 0.2) is 16.9 Å². The lowest BCUT2D eigenvalue weighted by Crippen LogP contribution is -2.20. The number of hydrogen-bond acceptors (Lipinski definition) is 6. The summed E-state index contributed by atoms with van der Waals surface area (Å²) in [7, 11) is 0. The number of carbonyl (C=O) groups excluding carboxylic acids is 1. The van der Waals surface area contributed by atoms with Gasteiger partial charge < -0.3 is 14.4 Å². The highest BCUT2D eigenvalue weighted by Gasteiger charge is 2.21. The molecule has 4 aromatic rings. The fourth-order valence-corrected chi connectivity index (χ4v) is 3.25. The van der Waals surface area contributed by atoms with Crippen LogP contribution in [0.2, 0.25) is 5.15 Å². The van der Waals surface area contributed by atoms with E-state index >= 15 is 0 Å². The predicted molar refractivity (Wildman–Crippen MR) is 113 cm³/mol. The molecule has 156 valence electrons. The van der Waals surface area contributed by atoms with Gasteiger partial charge in [0.25, 0.3) is 0 Å². The summed E-state index contributed by atoms with van der Waals surface area (Å²) in [6, 6.07) is 18.6. The maximum absolute atomic E-state index is 12.6. The summed E-state index contributed by atoms with van der Waals surface area (Å²) >= 11 is 6.13. The summed E-state index contributed by atoms with van der Waals surface area (Å²) in [5.74, 6) is -1.20. The summed E-state index contributed by atoms with van der Waals surface area (Å²) in [4.78, 5) is 35.9. The Morgan fingerprint density at radius 3 is 2.23 bits per heavy atom. The van der Waals surface area contributed by atoms with Crippen molar-refractivity contribution in [2.75, 3.05) is 5.32 Å². The lowest BCUT2D eigenvalue weighted by molar-refractivity contribution is -0.137. The van der Waals surface area contributed by atoms with Crippen molar-refractivity contribution in [2.45, 2.75) is 12.6 Å². The molecule has 0 saturated carbocycles. The molecule has 1 amide bonds. The van der Waals surface area contributed by atoms with E-state index < -0.39 is 18.2 Å². The number of carboxylic acids is 1. The molecule has 0 radical (unpaired) electrons. The molecule has 2 aromatic carbocycles. The average molecular weight is 438 g/mol. The third-order valence-electron chi connectivity index (χ3n) is 4.37. The molecule has 0 saturated heterocycles. The number of fused-ring (bicyclic) bond motifs is 1. The standard InChI is InChI=1S/C21H16ClN5O4/c22-18-16-19(27(12-23-16)11-15(28)29)25-20(24-18)26-21(30)31-17(13-7-3-1-4-8-13)14-9-5-2-6-10-14/h1-10,12,17H,11H2,(H,28,29)(H,24,25,26,30). The number of carbonyl (C=O) groups is 2. The second-order valence-corrected chi connectivity index (χ2v) is 6.87. The van der Waals surface area contributed by atoms with Crippen molar-refractivity contribution in [1.29, 1.82) is 0 Å². The molecular formula is C21H16ClN5O4. The van der Waals surface area contributed by atoms with Crippen LogP contribution in [0.5, 0.6) is 0 Å². The van der Waals surface area contributed by atoms with Gasteiger partial charge in [0.2, 0.25) is 5.95 Å². The second-order valence-electron chi connectivity index (χ2n) is 6.51. The lowest BCUT2D eigenvalue weighted by atomic mass is 10.0. The first-order valence-electron chi connectivity index (χ1n) is 9.19. The van der Waals surface area contributed by atoms with Gasteiger partial charge in [0, 0.05) is 0 Å². The van der Waals surface area contributed by atoms with Crippen LogP contribution in [0.15, 0.2) is 67.0 Å². The van der Waals surface area contributed by atoms with Crippen LogP contribution in [-0.2, 0) is 16.1 Å². The molecule has 31 heavy (non-hydrogen) atoms. The number of amides is 1. The first-order valence-corrected chi connectivity index (χ1v) is 9.57. The number of halogens is 1. The number of imidazole rings is 1. The molecule has 2 N–H and O–H groups in total. The molecule has 0 aliphatic carbocycles. The Morgan fingerprint density at radius 1 is 1.03 bits per heavy atom. The zero-order valence-corrected chi connectivity index (χ0v) is 16.7.